The second kappa shape index (κ2) is 5.70. The van der Waals surface area contributed by atoms with Gasteiger partial charge in [-0.25, -0.2) is 0 Å². The third-order valence-electron chi connectivity index (χ3n) is 5.17. The Labute approximate surface area is 145 Å². The summed E-state index contributed by atoms with van der Waals surface area (Å²) in [5.41, 5.74) is 2.24. The van der Waals surface area contributed by atoms with Crippen LogP contribution in [0, 0.1) is 17.8 Å². The van der Waals surface area contributed by atoms with Crippen molar-refractivity contribution in [3.63, 3.8) is 0 Å². The molecule has 5 atom stereocenters. The molecule has 2 fully saturated rings. The fourth-order valence-corrected chi connectivity index (χ4v) is 4.00. The molecule has 7 nitrogen and oxygen atoms in total. The van der Waals surface area contributed by atoms with Gasteiger partial charge in [0, 0.05) is 12.0 Å². The van der Waals surface area contributed by atoms with Crippen LogP contribution in [0.25, 0.3) is 0 Å². The Kier molecular flexibility index (Phi) is 3.98. The molecule has 2 aliphatic carbocycles. The van der Waals surface area contributed by atoms with Crippen LogP contribution in [0.15, 0.2) is 24.3 Å². The fraction of sp³-hybridized carbons (Fsp3) is 0.438. The van der Waals surface area contributed by atoms with Crippen molar-refractivity contribution in [3.05, 3.63) is 35.4 Å². The summed E-state index contributed by atoms with van der Waals surface area (Å²) in [4.78, 5) is 35.0. The van der Waals surface area contributed by atoms with Crippen LogP contribution in [0.5, 0.6) is 0 Å². The first-order valence-corrected chi connectivity index (χ1v) is 7.70. The molecule has 1 aromatic rings. The zero-order valence-electron chi connectivity index (χ0n) is 13.2. The number of carbonyl (C=O) groups is 3. The minimum atomic E-state index is -4.74. The molecule has 5 N–H and O–H groups in total. The van der Waals surface area contributed by atoms with Gasteiger partial charge in [-0.3, -0.25) is 14.4 Å². The highest BCUT2D eigenvalue weighted by atomic mass is 19.4. The summed E-state index contributed by atoms with van der Waals surface area (Å²) in [5, 5.41) is 20.8. The molecule has 0 spiro atoms. The van der Waals surface area contributed by atoms with E-state index in [9.17, 15) is 37.8 Å². The second-order valence-corrected chi connectivity index (χ2v) is 6.64. The van der Waals surface area contributed by atoms with Crippen molar-refractivity contribution in [1.29, 1.82) is 0 Å². The van der Waals surface area contributed by atoms with Crippen molar-refractivity contribution in [3.8, 4) is 0 Å². The summed E-state index contributed by atoms with van der Waals surface area (Å²) in [6, 6.07) is 3.23. The number of carboxylic acid groups (broad SMARTS) is 2. The van der Waals surface area contributed by atoms with E-state index in [1.807, 2.05) is 0 Å². The van der Waals surface area contributed by atoms with Gasteiger partial charge in [0.15, 0.2) is 0 Å². The standard InChI is InChI=1S/C16H15F3N2O5/c17-16(18,19)7-4-2-1-3-6(7)12(22)21-8-5-15(20,14(25)26)11-9(8)10(11)13(23)24/h1-4,8-11H,5,20H2,(H,21,22)(H,23,24)(H,25,26)/t8-,9-,10-,11+,15-/m1/s1. The molecule has 3 rings (SSSR count). The van der Waals surface area contributed by atoms with Gasteiger partial charge in [0.1, 0.15) is 5.54 Å². The highest BCUT2D eigenvalue weighted by molar-refractivity contribution is 5.96. The fourth-order valence-electron chi connectivity index (χ4n) is 4.00. The number of alkyl halides is 3. The van der Waals surface area contributed by atoms with Gasteiger partial charge in [-0.1, -0.05) is 12.1 Å². The topological polar surface area (TPSA) is 130 Å². The molecular weight excluding hydrogens is 357 g/mol. The van der Waals surface area contributed by atoms with Crippen LogP contribution in [0.2, 0.25) is 0 Å². The summed E-state index contributed by atoms with van der Waals surface area (Å²) in [6.07, 6.45) is -4.99. The minimum Gasteiger partial charge on any atom is -0.481 e. The Morgan fingerprint density at radius 3 is 2.35 bits per heavy atom. The number of carboxylic acids is 2. The molecule has 140 valence electrons. The van der Waals surface area contributed by atoms with E-state index in [2.05, 4.69) is 5.32 Å². The number of rotatable bonds is 4. The van der Waals surface area contributed by atoms with Crippen LogP contribution in [-0.2, 0) is 15.8 Å². The number of nitrogens with one attached hydrogen (secondary N) is 1. The number of aliphatic carboxylic acids is 2. The maximum Gasteiger partial charge on any atom is 0.417 e. The predicted octanol–water partition coefficient (Wildman–Crippen LogP) is 0.936. The molecule has 1 amide bonds. The van der Waals surface area contributed by atoms with E-state index in [1.165, 1.54) is 6.07 Å². The first-order valence-electron chi connectivity index (χ1n) is 7.70. The monoisotopic (exact) mass is 372 g/mol. The van der Waals surface area contributed by atoms with Crippen molar-refractivity contribution >= 4 is 17.8 Å². The quantitative estimate of drug-likeness (QED) is 0.622. The van der Waals surface area contributed by atoms with E-state index >= 15 is 0 Å². The van der Waals surface area contributed by atoms with E-state index in [-0.39, 0.29) is 6.42 Å². The second-order valence-electron chi connectivity index (χ2n) is 6.64. The number of halogens is 3. The molecule has 10 heteroatoms. The van der Waals surface area contributed by atoms with Gasteiger partial charge in [0.25, 0.3) is 5.91 Å². The number of hydrogen-bond donors (Lipinski definition) is 4. The summed E-state index contributed by atoms with van der Waals surface area (Å²) in [7, 11) is 0. The Bertz CT molecular complexity index is 796. The molecule has 0 heterocycles. The van der Waals surface area contributed by atoms with Crippen LogP contribution < -0.4 is 11.1 Å². The first-order chi connectivity index (χ1) is 12.0. The van der Waals surface area contributed by atoms with Gasteiger partial charge in [0.05, 0.1) is 17.0 Å². The molecule has 2 aliphatic rings. The molecule has 1 aromatic carbocycles. The van der Waals surface area contributed by atoms with Crippen LogP contribution in [-0.4, -0.2) is 39.6 Å². The molecule has 2 saturated carbocycles. The van der Waals surface area contributed by atoms with Crippen molar-refractivity contribution in [2.24, 2.45) is 23.5 Å². The van der Waals surface area contributed by atoms with Gasteiger partial charge in [-0.05, 0) is 24.5 Å². The molecule has 0 bridgehead atoms. The average molecular weight is 372 g/mol. The number of nitrogens with two attached hydrogens (primary N) is 1. The van der Waals surface area contributed by atoms with Gasteiger partial charge in [-0.15, -0.1) is 0 Å². The third-order valence-corrected chi connectivity index (χ3v) is 5.17. The number of fused-ring (bicyclic) bond motifs is 1. The largest absolute Gasteiger partial charge is 0.481 e. The molecule has 0 aliphatic heterocycles. The normalized spacial score (nSPS) is 32.6. The van der Waals surface area contributed by atoms with Gasteiger partial charge < -0.3 is 21.3 Å². The lowest BCUT2D eigenvalue weighted by atomic mass is 9.90. The summed E-state index contributed by atoms with van der Waals surface area (Å²) < 4.78 is 39.1. The number of amides is 1. The zero-order valence-corrected chi connectivity index (χ0v) is 13.2. The van der Waals surface area contributed by atoms with Gasteiger partial charge >= 0.3 is 18.1 Å². The summed E-state index contributed by atoms with van der Waals surface area (Å²) in [6.45, 7) is 0. The molecule has 0 saturated heterocycles. The predicted molar refractivity (Wildman–Crippen MR) is 80.0 cm³/mol. The van der Waals surface area contributed by atoms with Crippen LogP contribution in [0.1, 0.15) is 22.3 Å². The van der Waals surface area contributed by atoms with E-state index < -0.39 is 64.5 Å². The van der Waals surface area contributed by atoms with Crippen LogP contribution in [0.3, 0.4) is 0 Å². The Balaban J connectivity index is 1.85. The van der Waals surface area contributed by atoms with E-state index in [1.54, 1.807) is 0 Å². The molecule has 0 aromatic heterocycles. The number of benzene rings is 1. The summed E-state index contributed by atoms with van der Waals surface area (Å²) >= 11 is 0. The smallest absolute Gasteiger partial charge is 0.417 e. The average Bonchev–Trinajstić information content (AvgIpc) is 3.23. The summed E-state index contributed by atoms with van der Waals surface area (Å²) in [5.74, 6) is -6.34. The minimum absolute atomic E-state index is 0.249. The Hall–Kier alpha value is -2.62. The van der Waals surface area contributed by atoms with Crippen LogP contribution in [0.4, 0.5) is 13.2 Å². The molecular formula is C16H15F3N2O5. The zero-order chi connectivity index (χ0) is 19.4. The van der Waals surface area contributed by atoms with Gasteiger partial charge in [0.2, 0.25) is 0 Å². The lowest BCUT2D eigenvalue weighted by molar-refractivity contribution is -0.145. The van der Waals surface area contributed by atoms with Crippen molar-refractivity contribution in [1.82, 2.24) is 5.32 Å². The number of carbonyl (C=O) groups excluding carboxylic acids is 1. The number of hydrogen-bond acceptors (Lipinski definition) is 4. The first kappa shape index (κ1) is 18.2. The van der Waals surface area contributed by atoms with Crippen molar-refractivity contribution in [2.45, 2.75) is 24.2 Å². The van der Waals surface area contributed by atoms with E-state index in [0.29, 0.717) is 0 Å². The SMILES string of the molecule is N[C@]1(C(=O)O)C[C@@H](NC(=O)c2ccccc2C(F)(F)F)[C@@H]2[C@@H](C(=O)O)[C@H]21. The van der Waals surface area contributed by atoms with Gasteiger partial charge in [-0.2, -0.15) is 13.2 Å². The van der Waals surface area contributed by atoms with Crippen molar-refractivity contribution < 1.29 is 37.8 Å². The Morgan fingerprint density at radius 1 is 1.19 bits per heavy atom. The lowest BCUT2D eigenvalue weighted by Crippen LogP contribution is -2.52. The van der Waals surface area contributed by atoms with Crippen molar-refractivity contribution in [2.75, 3.05) is 0 Å². The van der Waals surface area contributed by atoms with Crippen LogP contribution >= 0.6 is 0 Å². The molecule has 0 radical (unpaired) electrons. The van der Waals surface area contributed by atoms with E-state index in [0.717, 1.165) is 18.2 Å². The highest BCUT2D eigenvalue weighted by Gasteiger charge is 2.74. The molecule has 26 heavy (non-hydrogen) atoms. The lowest BCUT2D eigenvalue weighted by Gasteiger charge is -2.25. The maximum absolute atomic E-state index is 13.0. The Morgan fingerprint density at radius 2 is 1.81 bits per heavy atom. The molecule has 0 unspecified atom stereocenters. The maximum atomic E-state index is 13.0. The highest BCUT2D eigenvalue weighted by Crippen LogP contribution is 2.61. The van der Waals surface area contributed by atoms with E-state index in [4.69, 9.17) is 5.73 Å². The third kappa shape index (κ3) is 2.70.